The topological polar surface area (TPSA) is 61.8 Å². The average molecular weight is 428 g/mol. The fourth-order valence-electron chi connectivity index (χ4n) is 3.66. The molecule has 0 unspecified atom stereocenters. The number of esters is 1. The van der Waals surface area contributed by atoms with Crippen molar-refractivity contribution in [3.8, 4) is 11.5 Å². The lowest BCUT2D eigenvalue weighted by molar-refractivity contribution is 0.0600. The number of fused-ring (bicyclic) bond motifs is 1. The average Bonchev–Trinajstić information content (AvgIpc) is 3.09. The monoisotopic (exact) mass is 428 g/mol. The molecule has 4 rings (SSSR count). The molecule has 5 heteroatoms. The van der Waals surface area contributed by atoms with Crippen molar-refractivity contribution in [1.29, 1.82) is 0 Å². The fourth-order valence-corrected chi connectivity index (χ4v) is 3.66. The molecule has 0 saturated heterocycles. The predicted octanol–water partition coefficient (Wildman–Crippen LogP) is 5.59. The molecular weight excluding hydrogens is 404 g/mol. The van der Waals surface area contributed by atoms with Gasteiger partial charge in [-0.05, 0) is 67.3 Å². The molecule has 32 heavy (non-hydrogen) atoms. The van der Waals surface area contributed by atoms with E-state index in [1.165, 1.54) is 18.2 Å². The van der Waals surface area contributed by atoms with E-state index in [9.17, 15) is 9.59 Å². The van der Waals surface area contributed by atoms with Crippen LogP contribution in [0.4, 0.5) is 0 Å². The minimum atomic E-state index is -0.409. The molecule has 1 heterocycles. The highest BCUT2D eigenvalue weighted by molar-refractivity contribution is 6.15. The van der Waals surface area contributed by atoms with Gasteiger partial charge in [0.1, 0.15) is 18.1 Å². The second kappa shape index (κ2) is 8.71. The van der Waals surface area contributed by atoms with Crippen molar-refractivity contribution >= 4 is 17.8 Å². The molecule has 3 aromatic carbocycles. The molecule has 0 fully saturated rings. The third-order valence-corrected chi connectivity index (χ3v) is 5.47. The number of rotatable bonds is 5. The van der Waals surface area contributed by atoms with Crippen molar-refractivity contribution in [3.05, 3.63) is 99.3 Å². The summed E-state index contributed by atoms with van der Waals surface area (Å²) >= 11 is 0. The molecule has 5 nitrogen and oxygen atoms in total. The van der Waals surface area contributed by atoms with Crippen molar-refractivity contribution in [2.45, 2.75) is 27.4 Å². The fraction of sp³-hybridized carbons (Fsp3) is 0.185. The summed E-state index contributed by atoms with van der Waals surface area (Å²) in [6.07, 6.45) is 1.67. The molecule has 0 spiro atoms. The third-order valence-electron chi connectivity index (χ3n) is 5.47. The van der Waals surface area contributed by atoms with Crippen molar-refractivity contribution < 1.29 is 23.8 Å². The Kier molecular flexibility index (Phi) is 5.82. The number of allylic oxidation sites excluding steroid dienone is 1. The van der Waals surface area contributed by atoms with Gasteiger partial charge in [-0.1, -0.05) is 35.9 Å². The maximum Gasteiger partial charge on any atom is 0.337 e. The van der Waals surface area contributed by atoms with Crippen LogP contribution >= 0.6 is 0 Å². The summed E-state index contributed by atoms with van der Waals surface area (Å²) in [6.45, 7) is 6.43. The van der Waals surface area contributed by atoms with Crippen molar-refractivity contribution in [2.75, 3.05) is 7.11 Å². The van der Waals surface area contributed by atoms with Crippen LogP contribution in [-0.4, -0.2) is 18.9 Å². The van der Waals surface area contributed by atoms with Gasteiger partial charge in [0.15, 0.2) is 5.76 Å². The van der Waals surface area contributed by atoms with Crippen LogP contribution in [0.5, 0.6) is 11.5 Å². The number of carbonyl (C=O) groups excluding carboxylic acids is 2. The highest BCUT2D eigenvalue weighted by Crippen LogP contribution is 2.37. The number of ketones is 1. The van der Waals surface area contributed by atoms with Crippen LogP contribution in [0.15, 0.2) is 60.4 Å². The largest absolute Gasteiger partial charge is 0.489 e. The summed E-state index contributed by atoms with van der Waals surface area (Å²) in [5.41, 5.74) is 6.01. The first-order chi connectivity index (χ1) is 15.4. The Balaban J connectivity index is 1.54. The molecule has 0 bridgehead atoms. The van der Waals surface area contributed by atoms with E-state index in [-0.39, 0.29) is 11.5 Å². The molecule has 1 aliphatic heterocycles. The van der Waals surface area contributed by atoms with Crippen LogP contribution in [0, 0.1) is 20.8 Å². The summed E-state index contributed by atoms with van der Waals surface area (Å²) in [7, 11) is 1.34. The van der Waals surface area contributed by atoms with Gasteiger partial charge in [-0.15, -0.1) is 0 Å². The Bertz CT molecular complexity index is 1240. The van der Waals surface area contributed by atoms with E-state index in [4.69, 9.17) is 14.2 Å². The van der Waals surface area contributed by atoms with E-state index >= 15 is 0 Å². The Morgan fingerprint density at radius 1 is 0.969 bits per heavy atom. The zero-order chi connectivity index (χ0) is 22.8. The zero-order valence-corrected chi connectivity index (χ0v) is 18.5. The van der Waals surface area contributed by atoms with Gasteiger partial charge in [0.2, 0.25) is 5.78 Å². The lowest BCUT2D eigenvalue weighted by atomic mass is 10.0. The first-order valence-electron chi connectivity index (χ1n) is 10.3. The second-order valence-electron chi connectivity index (χ2n) is 7.89. The highest BCUT2D eigenvalue weighted by atomic mass is 16.5. The van der Waals surface area contributed by atoms with Gasteiger partial charge >= 0.3 is 5.97 Å². The van der Waals surface area contributed by atoms with Crippen molar-refractivity contribution in [1.82, 2.24) is 0 Å². The maximum atomic E-state index is 12.9. The number of carbonyl (C=O) groups is 2. The third kappa shape index (κ3) is 4.28. The van der Waals surface area contributed by atoms with Crippen LogP contribution in [0.2, 0.25) is 0 Å². The van der Waals surface area contributed by atoms with E-state index in [0.29, 0.717) is 29.2 Å². The normalized spacial score (nSPS) is 13.6. The SMILES string of the molecule is COC(=O)c1ccc(/C=C2\Oc3cc(OCc4cc(C)ccc4C)cc(C)c3C2=O)cc1. The minimum Gasteiger partial charge on any atom is -0.489 e. The molecule has 0 atom stereocenters. The summed E-state index contributed by atoms with van der Waals surface area (Å²) in [6, 6.07) is 16.7. The lowest BCUT2D eigenvalue weighted by Crippen LogP contribution is -2.01. The molecule has 162 valence electrons. The molecule has 0 amide bonds. The summed E-state index contributed by atoms with van der Waals surface area (Å²) in [5.74, 6) is 0.798. The molecule has 0 aliphatic carbocycles. The zero-order valence-electron chi connectivity index (χ0n) is 18.5. The first kappa shape index (κ1) is 21.4. The van der Waals surface area contributed by atoms with Crippen LogP contribution in [-0.2, 0) is 11.3 Å². The highest BCUT2D eigenvalue weighted by Gasteiger charge is 2.30. The van der Waals surface area contributed by atoms with Gasteiger partial charge in [0.05, 0.1) is 18.2 Å². The van der Waals surface area contributed by atoms with Gasteiger partial charge < -0.3 is 14.2 Å². The number of aryl methyl sites for hydroxylation is 3. The maximum absolute atomic E-state index is 12.9. The molecule has 0 N–H and O–H groups in total. The number of ether oxygens (including phenoxy) is 3. The van der Waals surface area contributed by atoms with Crippen LogP contribution in [0.1, 0.15) is 48.5 Å². The molecule has 0 radical (unpaired) electrons. The molecule has 1 aliphatic rings. The Hall–Kier alpha value is -3.86. The van der Waals surface area contributed by atoms with Gasteiger partial charge in [-0.25, -0.2) is 4.79 Å². The molecule has 0 aromatic heterocycles. The van der Waals surface area contributed by atoms with Crippen molar-refractivity contribution in [3.63, 3.8) is 0 Å². The Morgan fingerprint density at radius 2 is 1.72 bits per heavy atom. The second-order valence-corrected chi connectivity index (χ2v) is 7.89. The van der Waals surface area contributed by atoms with Gasteiger partial charge in [-0.3, -0.25) is 4.79 Å². The minimum absolute atomic E-state index is 0.171. The van der Waals surface area contributed by atoms with Gasteiger partial charge in [0, 0.05) is 6.07 Å². The van der Waals surface area contributed by atoms with Crippen LogP contribution in [0.25, 0.3) is 6.08 Å². The van der Waals surface area contributed by atoms with E-state index in [2.05, 4.69) is 32.0 Å². The number of benzene rings is 3. The van der Waals surface area contributed by atoms with E-state index < -0.39 is 5.97 Å². The number of hydrogen-bond acceptors (Lipinski definition) is 5. The Labute approximate surface area is 187 Å². The molecule has 0 saturated carbocycles. The number of methoxy groups -OCH3 is 1. The van der Waals surface area contributed by atoms with E-state index in [1.807, 2.05) is 13.0 Å². The summed E-state index contributed by atoms with van der Waals surface area (Å²) in [4.78, 5) is 24.5. The van der Waals surface area contributed by atoms with Gasteiger partial charge in [0.25, 0.3) is 0 Å². The van der Waals surface area contributed by atoms with Crippen molar-refractivity contribution in [2.24, 2.45) is 0 Å². The van der Waals surface area contributed by atoms with Crippen LogP contribution in [0.3, 0.4) is 0 Å². The predicted molar refractivity (Wildman–Crippen MR) is 122 cm³/mol. The smallest absolute Gasteiger partial charge is 0.337 e. The Morgan fingerprint density at radius 3 is 2.44 bits per heavy atom. The van der Waals surface area contributed by atoms with E-state index in [0.717, 1.165) is 16.7 Å². The quantitative estimate of drug-likeness (QED) is 0.391. The number of hydrogen-bond donors (Lipinski definition) is 0. The molecule has 3 aromatic rings. The lowest BCUT2D eigenvalue weighted by Gasteiger charge is -2.11. The molecular formula is C27H24O5. The van der Waals surface area contributed by atoms with Gasteiger partial charge in [-0.2, -0.15) is 0 Å². The standard InChI is InChI=1S/C27H24O5/c1-16-5-6-17(2)21(11-16)15-31-22-12-18(3)25-23(14-22)32-24(26(25)28)13-19-7-9-20(10-8-19)27(29)30-4/h5-14H,15H2,1-4H3/b24-13-. The van der Waals surface area contributed by atoms with E-state index in [1.54, 1.807) is 36.4 Å². The number of Topliss-reactive ketones (excluding diaryl/α,β-unsaturated/α-hetero) is 1. The summed E-state index contributed by atoms with van der Waals surface area (Å²) < 4.78 is 16.6. The first-order valence-corrected chi connectivity index (χ1v) is 10.3. The van der Waals surface area contributed by atoms with Crippen LogP contribution < -0.4 is 9.47 Å². The summed E-state index contributed by atoms with van der Waals surface area (Å²) in [5, 5.41) is 0.